The van der Waals surface area contributed by atoms with Crippen molar-refractivity contribution in [3.63, 3.8) is 0 Å². The van der Waals surface area contributed by atoms with Crippen molar-refractivity contribution in [2.75, 3.05) is 26.2 Å². The fraction of sp³-hybridized carbons (Fsp3) is 0.533. The van der Waals surface area contributed by atoms with Gasteiger partial charge >= 0.3 is 6.09 Å². The highest BCUT2D eigenvalue weighted by molar-refractivity contribution is 6.42. The van der Waals surface area contributed by atoms with Crippen LogP contribution in [0.2, 0.25) is 10.0 Å². The predicted octanol–water partition coefficient (Wildman–Crippen LogP) is 2.60. The van der Waals surface area contributed by atoms with Crippen molar-refractivity contribution in [2.24, 2.45) is 0 Å². The zero-order valence-corrected chi connectivity index (χ0v) is 13.5. The van der Waals surface area contributed by atoms with Crippen LogP contribution in [0.5, 0.6) is 0 Å². The maximum absolute atomic E-state index is 11.2. The number of ether oxygens (including phenoxy) is 1. The van der Waals surface area contributed by atoms with Gasteiger partial charge < -0.3 is 20.1 Å². The molecule has 22 heavy (non-hydrogen) atoms. The van der Waals surface area contributed by atoms with E-state index in [2.05, 4.69) is 10.2 Å². The summed E-state index contributed by atoms with van der Waals surface area (Å²) in [5.74, 6) is 0. The fourth-order valence-corrected chi connectivity index (χ4v) is 3.30. The molecule has 1 amide bonds. The lowest BCUT2D eigenvalue weighted by atomic mass is 9.91. The minimum atomic E-state index is -0.618. The minimum Gasteiger partial charge on any atom is -0.441 e. The van der Waals surface area contributed by atoms with Gasteiger partial charge in [0.1, 0.15) is 5.60 Å². The first-order chi connectivity index (χ1) is 10.5. The second-order valence-corrected chi connectivity index (χ2v) is 6.73. The maximum Gasteiger partial charge on any atom is 0.407 e. The molecule has 2 aliphatic heterocycles. The van der Waals surface area contributed by atoms with Gasteiger partial charge in [-0.05, 0) is 17.7 Å². The van der Waals surface area contributed by atoms with E-state index >= 15 is 0 Å². The number of rotatable bonds is 3. The molecule has 1 atom stereocenters. The van der Waals surface area contributed by atoms with Crippen molar-refractivity contribution >= 4 is 29.3 Å². The van der Waals surface area contributed by atoms with Crippen molar-refractivity contribution in [1.82, 2.24) is 10.2 Å². The Labute approximate surface area is 139 Å². The summed E-state index contributed by atoms with van der Waals surface area (Å²) in [5, 5.41) is 14.0. The Morgan fingerprint density at radius 3 is 2.64 bits per heavy atom. The van der Waals surface area contributed by atoms with Crippen LogP contribution >= 0.6 is 23.2 Å². The third kappa shape index (κ3) is 3.33. The average Bonchev–Trinajstić information content (AvgIpc) is 2.85. The third-order valence-electron chi connectivity index (χ3n) is 4.39. The number of amides is 1. The van der Waals surface area contributed by atoms with Gasteiger partial charge in [0.25, 0.3) is 0 Å². The van der Waals surface area contributed by atoms with Crippen molar-refractivity contribution in [3.05, 3.63) is 33.8 Å². The Hall–Kier alpha value is -1.01. The van der Waals surface area contributed by atoms with Gasteiger partial charge in [0.2, 0.25) is 0 Å². The van der Waals surface area contributed by atoms with E-state index in [-0.39, 0.29) is 11.7 Å². The van der Waals surface area contributed by atoms with Crippen molar-refractivity contribution in [2.45, 2.75) is 24.5 Å². The van der Waals surface area contributed by atoms with Gasteiger partial charge in [0.15, 0.2) is 0 Å². The van der Waals surface area contributed by atoms with Crippen LogP contribution in [0.4, 0.5) is 4.79 Å². The van der Waals surface area contributed by atoms with Gasteiger partial charge in [-0.3, -0.25) is 0 Å². The summed E-state index contributed by atoms with van der Waals surface area (Å²) in [6.45, 7) is 2.67. The van der Waals surface area contributed by atoms with E-state index in [1.807, 2.05) is 0 Å². The second kappa shape index (κ2) is 6.24. The van der Waals surface area contributed by atoms with Gasteiger partial charge in [-0.25, -0.2) is 4.79 Å². The lowest BCUT2D eigenvalue weighted by Crippen LogP contribution is -2.47. The topological polar surface area (TPSA) is 61.8 Å². The van der Waals surface area contributed by atoms with Crippen LogP contribution in [0.3, 0.4) is 0 Å². The van der Waals surface area contributed by atoms with Gasteiger partial charge in [-0.15, -0.1) is 0 Å². The van der Waals surface area contributed by atoms with E-state index in [9.17, 15) is 9.90 Å². The summed E-state index contributed by atoms with van der Waals surface area (Å²) >= 11 is 11.9. The molecule has 120 valence electrons. The van der Waals surface area contributed by atoms with Crippen LogP contribution in [0, 0.1) is 0 Å². The number of halogens is 2. The summed E-state index contributed by atoms with van der Waals surface area (Å²) in [6.07, 6.45) is 0.608. The fourth-order valence-electron chi connectivity index (χ4n) is 2.99. The number of aliphatic hydroxyl groups excluding tert-OH is 1. The molecule has 0 bridgehead atoms. The second-order valence-electron chi connectivity index (χ2n) is 5.92. The van der Waals surface area contributed by atoms with Crippen LogP contribution in [-0.2, 0) is 4.74 Å². The zero-order valence-electron chi connectivity index (χ0n) is 12.0. The standard InChI is InChI=1S/C15H18Cl2N2O3/c16-11-2-1-10(7-12(11)17)13(20)8-19-5-3-15(4-6-19)9-18-14(21)22-15/h1-2,7,13,20H,3-6,8-9H2,(H,18,21). The first-order valence-corrected chi connectivity index (χ1v) is 8.05. The first kappa shape index (κ1) is 15.9. The van der Waals surface area contributed by atoms with E-state index in [0.717, 1.165) is 31.5 Å². The number of carbonyl (C=O) groups excluding carboxylic acids is 1. The summed E-state index contributed by atoms with van der Waals surface area (Å²) in [4.78, 5) is 13.4. The molecule has 0 saturated carbocycles. The molecule has 2 heterocycles. The predicted molar refractivity (Wildman–Crippen MR) is 84.3 cm³/mol. The Bertz CT molecular complexity index is 574. The summed E-state index contributed by atoms with van der Waals surface area (Å²) in [6, 6.07) is 5.17. The molecule has 0 radical (unpaired) electrons. The summed E-state index contributed by atoms with van der Waals surface area (Å²) < 4.78 is 5.39. The molecule has 1 spiro atoms. The molecular formula is C15H18Cl2N2O3. The Kier molecular flexibility index (Phi) is 4.50. The number of β-amino-alcohol motifs (C(OH)–C–C–N with tert-alkyl or cyclic N) is 1. The highest BCUT2D eigenvalue weighted by atomic mass is 35.5. The van der Waals surface area contributed by atoms with E-state index in [4.69, 9.17) is 27.9 Å². The minimum absolute atomic E-state index is 0.329. The Morgan fingerprint density at radius 2 is 2.05 bits per heavy atom. The molecule has 2 fully saturated rings. The molecule has 0 aliphatic carbocycles. The van der Waals surface area contributed by atoms with E-state index in [1.165, 1.54) is 0 Å². The third-order valence-corrected chi connectivity index (χ3v) is 5.13. The molecular weight excluding hydrogens is 327 g/mol. The SMILES string of the molecule is O=C1NCC2(CCN(CC(O)c3ccc(Cl)c(Cl)c3)CC2)O1. The van der Waals surface area contributed by atoms with Crippen molar-refractivity contribution < 1.29 is 14.6 Å². The van der Waals surface area contributed by atoms with Crippen LogP contribution in [0.1, 0.15) is 24.5 Å². The molecule has 2 aliphatic rings. The van der Waals surface area contributed by atoms with Gasteiger partial charge in [-0.2, -0.15) is 0 Å². The highest BCUT2D eigenvalue weighted by Crippen LogP contribution is 2.31. The number of nitrogens with zero attached hydrogens (tertiary/aromatic N) is 1. The quantitative estimate of drug-likeness (QED) is 0.884. The number of hydrogen-bond donors (Lipinski definition) is 2. The molecule has 0 aromatic heterocycles. The van der Waals surface area contributed by atoms with E-state index in [1.54, 1.807) is 18.2 Å². The van der Waals surface area contributed by atoms with E-state index < -0.39 is 6.10 Å². The van der Waals surface area contributed by atoms with Crippen LogP contribution < -0.4 is 5.32 Å². The highest BCUT2D eigenvalue weighted by Gasteiger charge is 2.42. The van der Waals surface area contributed by atoms with Crippen LogP contribution in [0.15, 0.2) is 18.2 Å². The van der Waals surface area contributed by atoms with Gasteiger partial charge in [0, 0.05) is 32.5 Å². The average molecular weight is 345 g/mol. The molecule has 1 unspecified atom stereocenters. The lowest BCUT2D eigenvalue weighted by molar-refractivity contribution is -0.00984. The number of piperidine rings is 1. The number of hydrogen-bond acceptors (Lipinski definition) is 4. The number of aliphatic hydroxyl groups is 1. The Balaban J connectivity index is 1.56. The summed E-state index contributed by atoms with van der Waals surface area (Å²) in [7, 11) is 0. The Morgan fingerprint density at radius 1 is 1.32 bits per heavy atom. The molecule has 1 aromatic carbocycles. The summed E-state index contributed by atoms with van der Waals surface area (Å²) in [5.41, 5.74) is 0.394. The first-order valence-electron chi connectivity index (χ1n) is 7.30. The normalized spacial score (nSPS) is 22.4. The lowest BCUT2D eigenvalue weighted by Gasteiger charge is -2.37. The molecule has 3 rings (SSSR count). The molecule has 2 N–H and O–H groups in total. The molecule has 7 heteroatoms. The molecule has 5 nitrogen and oxygen atoms in total. The number of alkyl carbamates (subject to hydrolysis) is 1. The van der Waals surface area contributed by atoms with Crippen molar-refractivity contribution in [3.8, 4) is 0 Å². The van der Waals surface area contributed by atoms with Crippen molar-refractivity contribution in [1.29, 1.82) is 0 Å². The van der Waals surface area contributed by atoms with E-state index in [0.29, 0.717) is 23.1 Å². The largest absolute Gasteiger partial charge is 0.441 e. The van der Waals surface area contributed by atoms with Crippen LogP contribution in [-0.4, -0.2) is 47.9 Å². The number of carbonyl (C=O) groups is 1. The molecule has 2 saturated heterocycles. The van der Waals surface area contributed by atoms with Gasteiger partial charge in [-0.1, -0.05) is 29.3 Å². The van der Waals surface area contributed by atoms with Gasteiger partial charge in [0.05, 0.1) is 22.7 Å². The number of nitrogens with one attached hydrogen (secondary N) is 1. The zero-order chi connectivity index (χ0) is 15.7. The van der Waals surface area contributed by atoms with Crippen LogP contribution in [0.25, 0.3) is 0 Å². The monoisotopic (exact) mass is 344 g/mol. The molecule has 1 aromatic rings. The smallest absolute Gasteiger partial charge is 0.407 e. The number of likely N-dealkylation sites (tertiary alicyclic amines) is 1. The number of benzene rings is 1. The maximum atomic E-state index is 11.2.